The van der Waals surface area contributed by atoms with E-state index in [0.717, 1.165) is 30.6 Å². The molecule has 34 heavy (non-hydrogen) atoms. The number of nitrogens with one attached hydrogen (secondary N) is 1. The number of rotatable bonds is 10. The summed E-state index contributed by atoms with van der Waals surface area (Å²) in [5.41, 5.74) is 1.73. The lowest BCUT2D eigenvalue weighted by atomic mass is 9.82. The first kappa shape index (κ1) is 23.7. The van der Waals surface area contributed by atoms with E-state index in [0.29, 0.717) is 24.4 Å². The third-order valence-corrected chi connectivity index (χ3v) is 5.85. The Kier molecular flexibility index (Phi) is 7.45. The van der Waals surface area contributed by atoms with Crippen molar-refractivity contribution < 1.29 is 19.0 Å². The number of hydrogen-bond donors (Lipinski definition) is 1. The van der Waals surface area contributed by atoms with Gasteiger partial charge in [-0.2, -0.15) is 5.21 Å². The first-order valence-electron chi connectivity index (χ1n) is 11.8. The van der Waals surface area contributed by atoms with E-state index in [2.05, 4.69) is 44.9 Å². The summed E-state index contributed by atoms with van der Waals surface area (Å²) in [5.74, 6) is 1.02. The van der Waals surface area contributed by atoms with E-state index >= 15 is 0 Å². The van der Waals surface area contributed by atoms with Crippen molar-refractivity contribution in [3.8, 4) is 11.5 Å². The summed E-state index contributed by atoms with van der Waals surface area (Å²) in [6.07, 6.45) is 4.06. The Morgan fingerprint density at radius 2 is 1.85 bits per heavy atom. The van der Waals surface area contributed by atoms with Gasteiger partial charge >= 0.3 is 5.97 Å². The zero-order valence-corrected chi connectivity index (χ0v) is 20.0. The maximum Gasteiger partial charge on any atom is 0.310 e. The SMILES string of the molecule is CC(C)(C)OC(=O)C(CCCCc1ccccc1)[C@H](Cc1ccc2c(c1)OCO2)c1nn[nH]n1. The minimum Gasteiger partial charge on any atom is -0.460 e. The average Bonchev–Trinajstić information content (AvgIpc) is 3.49. The summed E-state index contributed by atoms with van der Waals surface area (Å²) < 4.78 is 16.8. The van der Waals surface area contributed by atoms with Crippen molar-refractivity contribution in [2.45, 2.75) is 64.4 Å². The minimum absolute atomic E-state index is 0.217. The van der Waals surface area contributed by atoms with Gasteiger partial charge in [0.05, 0.1) is 5.92 Å². The summed E-state index contributed by atoms with van der Waals surface area (Å²) in [6, 6.07) is 16.2. The number of H-pyrrole nitrogens is 1. The normalized spacial score (nSPS) is 14.6. The van der Waals surface area contributed by atoms with E-state index < -0.39 is 11.5 Å². The zero-order chi connectivity index (χ0) is 24.0. The number of esters is 1. The topological polar surface area (TPSA) is 99.2 Å². The molecule has 1 aromatic heterocycles. The first-order chi connectivity index (χ1) is 16.4. The number of fused-ring (bicyclic) bond motifs is 1. The van der Waals surface area contributed by atoms with Crippen LogP contribution < -0.4 is 9.47 Å². The molecule has 0 saturated carbocycles. The van der Waals surface area contributed by atoms with Crippen molar-refractivity contribution in [1.82, 2.24) is 20.6 Å². The molecule has 8 nitrogen and oxygen atoms in total. The third-order valence-electron chi connectivity index (χ3n) is 5.85. The number of hydrogen-bond acceptors (Lipinski definition) is 7. The molecule has 0 aliphatic carbocycles. The molecular formula is C26H32N4O4. The van der Waals surface area contributed by atoms with Gasteiger partial charge in [0.2, 0.25) is 6.79 Å². The smallest absolute Gasteiger partial charge is 0.310 e. The molecule has 0 spiro atoms. The summed E-state index contributed by atoms with van der Waals surface area (Å²) in [7, 11) is 0. The Hall–Kier alpha value is -3.42. The molecule has 0 fully saturated rings. The molecule has 1 N–H and O–H groups in total. The van der Waals surface area contributed by atoms with E-state index in [1.54, 1.807) is 0 Å². The molecule has 0 radical (unpaired) electrons. The van der Waals surface area contributed by atoms with Crippen molar-refractivity contribution in [2.24, 2.45) is 5.92 Å². The lowest BCUT2D eigenvalue weighted by Gasteiger charge is -2.28. The second-order valence-corrected chi connectivity index (χ2v) is 9.64. The van der Waals surface area contributed by atoms with Crippen molar-refractivity contribution >= 4 is 5.97 Å². The maximum absolute atomic E-state index is 13.4. The summed E-state index contributed by atoms with van der Waals surface area (Å²) in [6.45, 7) is 5.88. The van der Waals surface area contributed by atoms with Gasteiger partial charge in [0.1, 0.15) is 5.60 Å². The van der Waals surface area contributed by atoms with Gasteiger partial charge in [0, 0.05) is 5.92 Å². The monoisotopic (exact) mass is 464 g/mol. The molecule has 2 aromatic carbocycles. The third kappa shape index (κ3) is 6.34. The average molecular weight is 465 g/mol. The van der Waals surface area contributed by atoms with Crippen LogP contribution in [0.2, 0.25) is 0 Å². The van der Waals surface area contributed by atoms with E-state index in [1.165, 1.54) is 5.56 Å². The number of aromatic amines is 1. The van der Waals surface area contributed by atoms with Gasteiger partial charge in [-0.1, -0.05) is 48.0 Å². The standard InChI is InChI=1S/C26H32N4O4/c1-26(2,3)34-25(31)20(12-8-7-11-18-9-5-4-6-10-18)21(24-27-29-30-28-24)15-19-13-14-22-23(16-19)33-17-32-22/h4-6,9-10,13-14,16,20-21H,7-8,11-12,15,17H2,1-3H3,(H,27,28,29,30)/t20?,21-/m0/s1. The van der Waals surface area contributed by atoms with Crippen molar-refractivity contribution in [3.63, 3.8) is 0 Å². The number of aromatic nitrogens is 4. The maximum atomic E-state index is 13.4. The minimum atomic E-state index is -0.583. The molecule has 0 saturated heterocycles. The summed E-state index contributed by atoms with van der Waals surface area (Å²) in [4.78, 5) is 13.4. The summed E-state index contributed by atoms with van der Waals surface area (Å²) in [5, 5.41) is 14.8. The van der Waals surface area contributed by atoms with Crippen molar-refractivity contribution in [1.29, 1.82) is 0 Å². The number of nitrogens with zero attached hydrogens (tertiary/aromatic N) is 3. The second-order valence-electron chi connectivity index (χ2n) is 9.64. The number of aryl methyl sites for hydroxylation is 1. The highest BCUT2D eigenvalue weighted by molar-refractivity contribution is 5.74. The molecular weight excluding hydrogens is 432 g/mol. The number of tetrazole rings is 1. The Balaban J connectivity index is 1.53. The Morgan fingerprint density at radius 3 is 2.59 bits per heavy atom. The molecule has 0 amide bonds. The van der Waals surface area contributed by atoms with Crippen LogP contribution in [-0.2, 0) is 22.4 Å². The van der Waals surface area contributed by atoms with Crippen LogP contribution in [0.25, 0.3) is 0 Å². The van der Waals surface area contributed by atoms with E-state index in [4.69, 9.17) is 14.2 Å². The molecule has 180 valence electrons. The molecule has 1 aliphatic rings. The lowest BCUT2D eigenvalue weighted by Crippen LogP contribution is -2.33. The van der Waals surface area contributed by atoms with E-state index in [-0.39, 0.29) is 18.7 Å². The molecule has 8 heteroatoms. The molecule has 4 rings (SSSR count). The Labute approximate surface area is 200 Å². The van der Waals surface area contributed by atoms with Gasteiger partial charge in [0.15, 0.2) is 17.3 Å². The molecule has 2 heterocycles. The molecule has 1 aliphatic heterocycles. The lowest BCUT2D eigenvalue weighted by molar-refractivity contribution is -0.161. The number of unbranched alkanes of at least 4 members (excludes halogenated alkanes) is 1. The predicted molar refractivity (Wildman–Crippen MR) is 127 cm³/mol. The Bertz CT molecular complexity index is 1060. The van der Waals surface area contributed by atoms with Gasteiger partial charge in [-0.25, -0.2) is 0 Å². The highest BCUT2D eigenvalue weighted by Gasteiger charge is 2.35. The zero-order valence-electron chi connectivity index (χ0n) is 20.0. The van der Waals surface area contributed by atoms with Crippen LogP contribution in [0.15, 0.2) is 48.5 Å². The van der Waals surface area contributed by atoms with E-state index in [1.807, 2.05) is 45.0 Å². The van der Waals surface area contributed by atoms with Crippen LogP contribution in [0.4, 0.5) is 0 Å². The fraction of sp³-hybridized carbons (Fsp3) is 0.462. The van der Waals surface area contributed by atoms with Crippen LogP contribution in [0.1, 0.15) is 62.9 Å². The summed E-state index contributed by atoms with van der Waals surface area (Å²) >= 11 is 0. The van der Waals surface area contributed by atoms with Gasteiger partial charge in [-0.3, -0.25) is 4.79 Å². The van der Waals surface area contributed by atoms with Gasteiger partial charge in [-0.15, -0.1) is 10.2 Å². The first-order valence-corrected chi connectivity index (χ1v) is 11.8. The number of benzene rings is 2. The van der Waals surface area contributed by atoms with E-state index in [9.17, 15) is 4.79 Å². The predicted octanol–water partition coefficient (Wildman–Crippen LogP) is 4.63. The van der Waals surface area contributed by atoms with Crippen LogP contribution >= 0.6 is 0 Å². The van der Waals surface area contributed by atoms with Crippen LogP contribution in [0.3, 0.4) is 0 Å². The fourth-order valence-electron chi connectivity index (χ4n) is 4.26. The highest BCUT2D eigenvalue weighted by atomic mass is 16.7. The van der Waals surface area contributed by atoms with Gasteiger partial charge < -0.3 is 14.2 Å². The number of ether oxygens (including phenoxy) is 3. The highest BCUT2D eigenvalue weighted by Crippen LogP contribution is 2.37. The van der Waals surface area contributed by atoms with Crippen LogP contribution in [0.5, 0.6) is 11.5 Å². The van der Waals surface area contributed by atoms with Gasteiger partial charge in [0.25, 0.3) is 0 Å². The quantitative estimate of drug-likeness (QED) is 0.345. The Morgan fingerprint density at radius 1 is 1.06 bits per heavy atom. The van der Waals surface area contributed by atoms with Gasteiger partial charge in [-0.05, 0) is 69.7 Å². The van der Waals surface area contributed by atoms with Crippen molar-refractivity contribution in [3.05, 3.63) is 65.5 Å². The molecule has 3 aromatic rings. The second kappa shape index (κ2) is 10.7. The number of carbonyl (C=O) groups is 1. The fourth-order valence-corrected chi connectivity index (χ4v) is 4.26. The molecule has 1 unspecified atom stereocenters. The molecule has 0 bridgehead atoms. The number of carbonyl (C=O) groups excluding carboxylic acids is 1. The van der Waals surface area contributed by atoms with Crippen molar-refractivity contribution in [2.75, 3.05) is 6.79 Å². The van der Waals surface area contributed by atoms with Crippen LogP contribution in [-0.4, -0.2) is 39.0 Å². The van der Waals surface area contributed by atoms with Crippen LogP contribution in [0, 0.1) is 5.92 Å². The molecule has 2 atom stereocenters. The largest absolute Gasteiger partial charge is 0.460 e.